The molecule has 1 aliphatic carbocycles. The zero-order chi connectivity index (χ0) is 25.4. The number of amides is 1. The third-order valence-corrected chi connectivity index (χ3v) is 7.28. The maximum absolute atomic E-state index is 13.7. The minimum atomic E-state index is -0.236. The lowest BCUT2D eigenvalue weighted by Crippen LogP contribution is -2.44. The molecule has 0 saturated heterocycles. The molecule has 0 N–H and O–H groups in total. The first-order valence-electron chi connectivity index (χ1n) is 12.6. The van der Waals surface area contributed by atoms with E-state index in [4.69, 9.17) is 4.74 Å². The van der Waals surface area contributed by atoms with Gasteiger partial charge >= 0.3 is 0 Å². The van der Waals surface area contributed by atoms with Crippen LogP contribution in [0.3, 0.4) is 0 Å². The second kappa shape index (κ2) is 9.42. The van der Waals surface area contributed by atoms with Crippen molar-refractivity contribution in [1.29, 1.82) is 0 Å². The molecule has 1 amide bonds. The first-order valence-corrected chi connectivity index (χ1v) is 12.6. The van der Waals surface area contributed by atoms with Crippen molar-refractivity contribution in [3.63, 3.8) is 0 Å². The van der Waals surface area contributed by atoms with Crippen molar-refractivity contribution in [2.75, 3.05) is 4.90 Å². The highest BCUT2D eigenvalue weighted by Gasteiger charge is 2.44. The molecule has 4 heteroatoms. The van der Waals surface area contributed by atoms with Gasteiger partial charge in [-0.05, 0) is 66.1 Å². The van der Waals surface area contributed by atoms with Crippen LogP contribution in [0.1, 0.15) is 61.3 Å². The molecule has 1 heterocycles. The summed E-state index contributed by atoms with van der Waals surface area (Å²) in [5, 5.41) is 0. The van der Waals surface area contributed by atoms with E-state index in [-0.39, 0.29) is 29.4 Å². The van der Waals surface area contributed by atoms with Crippen LogP contribution in [0.25, 0.3) is 0 Å². The molecule has 3 aromatic rings. The van der Waals surface area contributed by atoms with Crippen LogP contribution < -0.4 is 9.64 Å². The number of rotatable bonds is 5. The first-order chi connectivity index (χ1) is 17.2. The summed E-state index contributed by atoms with van der Waals surface area (Å²) in [6.45, 7) is 8.78. The lowest BCUT2D eigenvalue weighted by atomic mass is 9.69. The Labute approximate surface area is 213 Å². The van der Waals surface area contributed by atoms with Gasteiger partial charge in [0.05, 0.1) is 5.69 Å². The summed E-state index contributed by atoms with van der Waals surface area (Å²) >= 11 is 0. The maximum Gasteiger partial charge on any atom is 0.232 e. The standard InChI is InChI=1S/C32H33NO3/c1-21-10-11-22(2)27(16-21)33-28-18-32(3,4)19-29(34)31(28)26(17-30(33)35)24-12-14-25(15-13-24)36-20-23-8-6-5-7-9-23/h5-16,26H,17-20H2,1-4H3. The van der Waals surface area contributed by atoms with Crippen molar-refractivity contribution in [2.24, 2.45) is 5.41 Å². The summed E-state index contributed by atoms with van der Waals surface area (Å²) in [7, 11) is 0. The maximum atomic E-state index is 13.7. The van der Waals surface area contributed by atoms with Crippen LogP contribution in [0.15, 0.2) is 84.1 Å². The van der Waals surface area contributed by atoms with Gasteiger partial charge in [-0.25, -0.2) is 0 Å². The highest BCUT2D eigenvalue weighted by molar-refractivity contribution is 6.08. The van der Waals surface area contributed by atoms with Crippen molar-refractivity contribution in [3.8, 4) is 5.75 Å². The van der Waals surface area contributed by atoms with Crippen molar-refractivity contribution in [3.05, 3.63) is 106 Å². The van der Waals surface area contributed by atoms with E-state index in [1.165, 1.54) is 0 Å². The predicted octanol–water partition coefficient (Wildman–Crippen LogP) is 7.05. The van der Waals surface area contributed by atoms with E-state index in [1.54, 1.807) is 0 Å². The van der Waals surface area contributed by atoms with Crippen LogP contribution in [0.4, 0.5) is 5.69 Å². The van der Waals surface area contributed by atoms with E-state index in [1.807, 2.05) is 79.4 Å². The molecule has 1 atom stereocenters. The molecule has 2 aliphatic rings. The molecular formula is C32H33NO3. The third-order valence-electron chi connectivity index (χ3n) is 7.28. The Bertz CT molecular complexity index is 1340. The molecule has 0 saturated carbocycles. The average Bonchev–Trinajstić information content (AvgIpc) is 2.84. The molecule has 0 aromatic heterocycles. The van der Waals surface area contributed by atoms with Crippen LogP contribution in [0.2, 0.25) is 0 Å². The summed E-state index contributed by atoms with van der Waals surface area (Å²) in [4.78, 5) is 29.1. The number of hydrogen-bond donors (Lipinski definition) is 0. The molecule has 184 valence electrons. The summed E-state index contributed by atoms with van der Waals surface area (Å²) in [5.74, 6) is 0.730. The largest absolute Gasteiger partial charge is 0.489 e. The van der Waals surface area contributed by atoms with Crippen molar-refractivity contribution in [2.45, 2.75) is 59.5 Å². The summed E-state index contributed by atoms with van der Waals surface area (Å²) in [6, 6.07) is 24.1. The Morgan fingerprint density at radius 1 is 0.917 bits per heavy atom. The average molecular weight is 480 g/mol. The van der Waals surface area contributed by atoms with Gasteiger partial charge in [-0.1, -0.05) is 68.4 Å². The van der Waals surface area contributed by atoms with E-state index in [9.17, 15) is 9.59 Å². The molecule has 1 unspecified atom stereocenters. The van der Waals surface area contributed by atoms with E-state index >= 15 is 0 Å². The quantitative estimate of drug-likeness (QED) is 0.394. The van der Waals surface area contributed by atoms with E-state index in [2.05, 4.69) is 26.0 Å². The predicted molar refractivity (Wildman–Crippen MR) is 143 cm³/mol. The molecule has 36 heavy (non-hydrogen) atoms. The molecular weight excluding hydrogens is 446 g/mol. The fraction of sp³-hybridized carbons (Fsp3) is 0.312. The highest BCUT2D eigenvalue weighted by Crippen LogP contribution is 2.48. The third kappa shape index (κ3) is 4.73. The van der Waals surface area contributed by atoms with Gasteiger partial charge in [0.15, 0.2) is 5.78 Å². The van der Waals surface area contributed by atoms with Crippen LogP contribution in [0, 0.1) is 19.3 Å². The number of nitrogens with zero attached hydrogens (tertiary/aromatic N) is 1. The van der Waals surface area contributed by atoms with E-state index < -0.39 is 0 Å². The Hall–Kier alpha value is -3.66. The fourth-order valence-electron chi connectivity index (χ4n) is 5.48. The molecule has 0 spiro atoms. The van der Waals surface area contributed by atoms with E-state index in [0.717, 1.165) is 45.0 Å². The van der Waals surface area contributed by atoms with Gasteiger partial charge in [-0.2, -0.15) is 0 Å². The van der Waals surface area contributed by atoms with Gasteiger partial charge in [-0.3, -0.25) is 14.5 Å². The Balaban J connectivity index is 1.50. The highest BCUT2D eigenvalue weighted by atomic mass is 16.5. The number of Topliss-reactive ketones (excluding diaryl/α,β-unsaturated/α-hetero) is 1. The van der Waals surface area contributed by atoms with Crippen molar-refractivity contribution in [1.82, 2.24) is 0 Å². The molecule has 0 fully saturated rings. The summed E-state index contributed by atoms with van der Waals surface area (Å²) in [5.41, 5.74) is 6.59. The van der Waals surface area contributed by atoms with E-state index in [0.29, 0.717) is 19.4 Å². The number of anilines is 1. The number of ether oxygens (including phenoxy) is 1. The van der Waals surface area contributed by atoms with Crippen molar-refractivity contribution >= 4 is 17.4 Å². The first kappa shape index (κ1) is 24.1. The van der Waals surface area contributed by atoms with Gasteiger partial charge in [0.2, 0.25) is 5.91 Å². The molecule has 4 nitrogen and oxygen atoms in total. The Kier molecular flexibility index (Phi) is 6.29. The SMILES string of the molecule is Cc1ccc(C)c(N2C(=O)CC(c3ccc(OCc4ccccc4)cc3)C3=C2CC(C)(C)CC3=O)c1. The Morgan fingerprint density at radius 3 is 2.36 bits per heavy atom. The minimum absolute atomic E-state index is 0.0438. The molecule has 0 bridgehead atoms. The molecule has 0 radical (unpaired) electrons. The van der Waals surface area contributed by atoms with Gasteiger partial charge in [0.25, 0.3) is 0 Å². The number of carbonyl (C=O) groups is 2. The fourth-order valence-corrected chi connectivity index (χ4v) is 5.48. The van der Waals surface area contributed by atoms with Gasteiger partial charge in [0, 0.05) is 30.0 Å². The zero-order valence-corrected chi connectivity index (χ0v) is 21.5. The second-order valence-corrected chi connectivity index (χ2v) is 10.9. The Morgan fingerprint density at radius 2 is 1.64 bits per heavy atom. The second-order valence-electron chi connectivity index (χ2n) is 10.9. The minimum Gasteiger partial charge on any atom is -0.489 e. The number of ketones is 1. The smallest absolute Gasteiger partial charge is 0.232 e. The van der Waals surface area contributed by atoms with Crippen LogP contribution >= 0.6 is 0 Å². The topological polar surface area (TPSA) is 46.6 Å². The van der Waals surface area contributed by atoms with Crippen LogP contribution in [0.5, 0.6) is 5.75 Å². The van der Waals surface area contributed by atoms with Gasteiger partial charge in [0.1, 0.15) is 12.4 Å². The van der Waals surface area contributed by atoms with Gasteiger partial charge in [-0.15, -0.1) is 0 Å². The zero-order valence-electron chi connectivity index (χ0n) is 21.5. The van der Waals surface area contributed by atoms with Crippen LogP contribution in [-0.2, 0) is 16.2 Å². The van der Waals surface area contributed by atoms with Crippen molar-refractivity contribution < 1.29 is 14.3 Å². The van der Waals surface area contributed by atoms with Crippen LogP contribution in [-0.4, -0.2) is 11.7 Å². The number of aryl methyl sites for hydroxylation is 2. The molecule has 1 aliphatic heterocycles. The number of carbonyl (C=O) groups excluding carboxylic acids is 2. The summed E-state index contributed by atoms with van der Waals surface area (Å²) < 4.78 is 5.96. The lowest BCUT2D eigenvalue weighted by Gasteiger charge is -2.43. The lowest BCUT2D eigenvalue weighted by molar-refractivity contribution is -0.121. The number of benzene rings is 3. The summed E-state index contributed by atoms with van der Waals surface area (Å²) in [6.07, 6.45) is 1.47. The number of hydrogen-bond acceptors (Lipinski definition) is 3. The van der Waals surface area contributed by atoms with Gasteiger partial charge < -0.3 is 4.74 Å². The molecule has 3 aromatic carbocycles. The normalized spacial score (nSPS) is 19.3. The number of allylic oxidation sites excluding steroid dienone is 2. The molecule has 5 rings (SSSR count). The monoisotopic (exact) mass is 479 g/mol.